The third-order valence-corrected chi connectivity index (χ3v) is 3.48. The molecule has 0 aromatic carbocycles. The number of nitrogens with one attached hydrogen (secondary N) is 1. The molecule has 1 aliphatic heterocycles. The largest absolute Gasteiger partial charge is 0.334 e. The molecule has 0 saturated carbocycles. The van der Waals surface area contributed by atoms with E-state index in [0.29, 0.717) is 0 Å². The van der Waals surface area contributed by atoms with Gasteiger partial charge in [0.2, 0.25) is 0 Å². The van der Waals surface area contributed by atoms with E-state index in [4.69, 9.17) is 0 Å². The predicted molar refractivity (Wildman–Crippen MR) is 69.9 cm³/mol. The molecule has 1 aromatic heterocycles. The molecule has 2 heterocycles. The lowest BCUT2D eigenvalue weighted by Gasteiger charge is -2.26. The second-order valence-corrected chi connectivity index (χ2v) is 4.71. The van der Waals surface area contributed by atoms with Crippen molar-refractivity contribution in [3.8, 4) is 0 Å². The first-order valence-electron chi connectivity index (χ1n) is 6.83. The minimum Gasteiger partial charge on any atom is -0.334 e. The second-order valence-electron chi connectivity index (χ2n) is 4.71. The number of aromatic nitrogens is 2. The average Bonchev–Trinajstić information content (AvgIpc) is 2.83. The zero-order valence-electron chi connectivity index (χ0n) is 10.9. The van der Waals surface area contributed by atoms with Crippen molar-refractivity contribution in [1.82, 2.24) is 19.8 Å². The fraction of sp³-hybridized carbons (Fsp3) is 0.769. The summed E-state index contributed by atoms with van der Waals surface area (Å²) < 4.78 is 2.19. The summed E-state index contributed by atoms with van der Waals surface area (Å²) in [6.07, 6.45) is 8.09. The molecule has 96 valence electrons. The van der Waals surface area contributed by atoms with Gasteiger partial charge in [-0.2, -0.15) is 0 Å². The number of nitrogens with zero attached hydrogens (tertiary/aromatic N) is 3. The van der Waals surface area contributed by atoms with Crippen molar-refractivity contribution in [1.29, 1.82) is 0 Å². The third-order valence-electron chi connectivity index (χ3n) is 3.48. The van der Waals surface area contributed by atoms with Crippen molar-refractivity contribution in [2.24, 2.45) is 0 Å². The molecule has 0 atom stereocenters. The molecule has 1 aliphatic rings. The quantitative estimate of drug-likeness (QED) is 0.760. The summed E-state index contributed by atoms with van der Waals surface area (Å²) in [5.74, 6) is 1.14. The molecule has 0 spiro atoms. The van der Waals surface area contributed by atoms with E-state index < -0.39 is 0 Å². The van der Waals surface area contributed by atoms with Crippen LogP contribution in [0.3, 0.4) is 0 Å². The van der Waals surface area contributed by atoms with Crippen molar-refractivity contribution in [2.75, 3.05) is 26.2 Å². The monoisotopic (exact) mass is 236 g/mol. The van der Waals surface area contributed by atoms with Crippen LogP contribution in [0.25, 0.3) is 0 Å². The van der Waals surface area contributed by atoms with Crippen molar-refractivity contribution < 1.29 is 0 Å². The van der Waals surface area contributed by atoms with E-state index >= 15 is 0 Å². The molecule has 0 radical (unpaired) electrons. The molecule has 0 bridgehead atoms. The van der Waals surface area contributed by atoms with Crippen molar-refractivity contribution in [3.63, 3.8) is 0 Å². The number of rotatable bonds is 6. The molecule has 17 heavy (non-hydrogen) atoms. The first-order valence-corrected chi connectivity index (χ1v) is 6.83. The van der Waals surface area contributed by atoms with Crippen molar-refractivity contribution >= 4 is 0 Å². The smallest absolute Gasteiger partial charge is 0.122 e. The van der Waals surface area contributed by atoms with Crippen molar-refractivity contribution in [2.45, 2.75) is 39.3 Å². The van der Waals surface area contributed by atoms with Crippen LogP contribution in [0.1, 0.15) is 32.0 Å². The van der Waals surface area contributed by atoms with Crippen LogP contribution in [0.4, 0.5) is 0 Å². The summed E-state index contributed by atoms with van der Waals surface area (Å²) in [7, 11) is 0. The highest BCUT2D eigenvalue weighted by Crippen LogP contribution is 2.07. The Kier molecular flexibility index (Phi) is 5.01. The Morgan fingerprint density at radius 2 is 2.12 bits per heavy atom. The van der Waals surface area contributed by atoms with Gasteiger partial charge in [0.05, 0.1) is 6.54 Å². The SMILES string of the molecule is CCn1ccnc1CNCCN1CCCCC1. The topological polar surface area (TPSA) is 33.1 Å². The lowest BCUT2D eigenvalue weighted by molar-refractivity contribution is 0.228. The van der Waals surface area contributed by atoms with E-state index in [9.17, 15) is 0 Å². The Morgan fingerprint density at radius 1 is 1.29 bits per heavy atom. The first-order chi connectivity index (χ1) is 8.40. The Bertz CT molecular complexity index is 315. The minimum absolute atomic E-state index is 0.884. The van der Waals surface area contributed by atoms with Crippen molar-refractivity contribution in [3.05, 3.63) is 18.2 Å². The second kappa shape index (κ2) is 6.77. The van der Waals surface area contributed by atoms with Gasteiger partial charge in [-0.05, 0) is 32.9 Å². The highest BCUT2D eigenvalue weighted by Gasteiger charge is 2.09. The predicted octanol–water partition coefficient (Wildman–Crippen LogP) is 1.48. The third kappa shape index (κ3) is 3.82. The molecule has 1 fully saturated rings. The van der Waals surface area contributed by atoms with Gasteiger partial charge in [-0.1, -0.05) is 6.42 Å². The summed E-state index contributed by atoms with van der Waals surface area (Å²) in [6, 6.07) is 0. The van der Waals surface area contributed by atoms with Gasteiger partial charge in [0.1, 0.15) is 5.82 Å². The number of hydrogen-bond acceptors (Lipinski definition) is 3. The Labute approximate surface area is 104 Å². The van der Waals surface area contributed by atoms with Gasteiger partial charge in [-0.3, -0.25) is 0 Å². The van der Waals surface area contributed by atoms with Gasteiger partial charge in [-0.15, -0.1) is 0 Å². The zero-order valence-corrected chi connectivity index (χ0v) is 10.9. The van der Waals surface area contributed by atoms with E-state index in [1.807, 2.05) is 12.4 Å². The zero-order chi connectivity index (χ0) is 11.9. The summed E-state index contributed by atoms with van der Waals surface area (Å²) in [5.41, 5.74) is 0. The van der Waals surface area contributed by atoms with Gasteiger partial charge >= 0.3 is 0 Å². The minimum atomic E-state index is 0.884. The highest BCUT2D eigenvalue weighted by atomic mass is 15.1. The summed E-state index contributed by atoms with van der Waals surface area (Å²) >= 11 is 0. The van der Waals surface area contributed by atoms with Gasteiger partial charge in [0.15, 0.2) is 0 Å². The van der Waals surface area contributed by atoms with Crippen LogP contribution in [0, 0.1) is 0 Å². The van der Waals surface area contributed by atoms with Crippen LogP contribution in [-0.2, 0) is 13.1 Å². The summed E-state index contributed by atoms with van der Waals surface area (Å²) in [6.45, 7) is 8.84. The maximum absolute atomic E-state index is 4.36. The lowest BCUT2D eigenvalue weighted by Crippen LogP contribution is -2.35. The molecule has 1 saturated heterocycles. The van der Waals surface area contributed by atoms with Crippen LogP contribution >= 0.6 is 0 Å². The van der Waals surface area contributed by atoms with E-state index in [2.05, 4.69) is 26.7 Å². The van der Waals surface area contributed by atoms with Gasteiger partial charge in [-0.25, -0.2) is 4.98 Å². The molecular weight excluding hydrogens is 212 g/mol. The van der Waals surface area contributed by atoms with E-state index in [0.717, 1.165) is 25.5 Å². The Balaban J connectivity index is 1.62. The molecule has 1 aromatic rings. The van der Waals surface area contributed by atoms with Crippen LogP contribution in [0.5, 0.6) is 0 Å². The molecule has 4 heteroatoms. The maximum Gasteiger partial charge on any atom is 0.122 e. The van der Waals surface area contributed by atoms with Crippen LogP contribution < -0.4 is 5.32 Å². The van der Waals surface area contributed by atoms with Crippen LogP contribution in [0.15, 0.2) is 12.4 Å². The molecule has 1 N–H and O–H groups in total. The number of likely N-dealkylation sites (tertiary alicyclic amines) is 1. The number of hydrogen-bond donors (Lipinski definition) is 1. The van der Waals surface area contributed by atoms with Gasteiger partial charge < -0.3 is 14.8 Å². The van der Waals surface area contributed by atoms with Gasteiger partial charge in [0.25, 0.3) is 0 Å². The van der Waals surface area contributed by atoms with Crippen LogP contribution in [0.2, 0.25) is 0 Å². The average molecular weight is 236 g/mol. The molecule has 0 amide bonds. The fourth-order valence-electron chi connectivity index (χ4n) is 2.42. The van der Waals surface area contributed by atoms with E-state index in [1.165, 1.54) is 38.9 Å². The van der Waals surface area contributed by atoms with E-state index in [1.54, 1.807) is 0 Å². The molecule has 2 rings (SSSR count). The Morgan fingerprint density at radius 3 is 2.88 bits per heavy atom. The first kappa shape index (κ1) is 12.6. The summed E-state index contributed by atoms with van der Waals surface area (Å²) in [5, 5.41) is 3.48. The lowest BCUT2D eigenvalue weighted by atomic mass is 10.1. The van der Waals surface area contributed by atoms with E-state index in [-0.39, 0.29) is 0 Å². The fourth-order valence-corrected chi connectivity index (χ4v) is 2.42. The highest BCUT2D eigenvalue weighted by molar-refractivity contribution is 4.91. The van der Waals surface area contributed by atoms with Gasteiger partial charge in [0, 0.05) is 32.0 Å². The molecule has 0 aliphatic carbocycles. The normalized spacial score (nSPS) is 17.5. The number of piperidine rings is 1. The van der Waals surface area contributed by atoms with Crippen LogP contribution in [-0.4, -0.2) is 40.6 Å². The Hall–Kier alpha value is -0.870. The molecule has 4 nitrogen and oxygen atoms in total. The standard InChI is InChI=1S/C13H24N4/c1-2-17-11-7-15-13(17)12-14-6-10-16-8-4-3-5-9-16/h7,11,14H,2-6,8-10,12H2,1H3. The maximum atomic E-state index is 4.36. The molecule has 0 unspecified atom stereocenters. The molecular formula is C13H24N4. The number of aryl methyl sites for hydroxylation is 1. The number of imidazole rings is 1. The summed E-state index contributed by atoms with van der Waals surface area (Å²) in [4.78, 5) is 6.92.